The lowest BCUT2D eigenvalue weighted by molar-refractivity contribution is -0.141. The van der Waals surface area contributed by atoms with Crippen LogP contribution < -0.4 is 0 Å². The van der Waals surface area contributed by atoms with E-state index >= 15 is 0 Å². The number of alkyl halides is 3. The lowest BCUT2D eigenvalue weighted by Crippen LogP contribution is -2.09. The van der Waals surface area contributed by atoms with Gasteiger partial charge in [-0.2, -0.15) is 18.4 Å². The summed E-state index contributed by atoms with van der Waals surface area (Å²) in [7, 11) is 0. The maximum absolute atomic E-state index is 12.6. The van der Waals surface area contributed by atoms with E-state index in [1.165, 1.54) is 12.4 Å². The van der Waals surface area contributed by atoms with Crippen LogP contribution in [0, 0.1) is 18.3 Å². The predicted molar refractivity (Wildman–Crippen MR) is 64.8 cm³/mol. The number of pyridine rings is 1. The number of hydrogen-bond acceptors (Lipinski definition) is 5. The van der Waals surface area contributed by atoms with Crippen LogP contribution in [0.2, 0.25) is 0 Å². The molecular formula is C12H7F3N4S. The number of halogens is 3. The van der Waals surface area contributed by atoms with Crippen LogP contribution in [0.25, 0.3) is 0 Å². The highest BCUT2D eigenvalue weighted by Gasteiger charge is 2.33. The van der Waals surface area contributed by atoms with E-state index in [2.05, 4.69) is 15.0 Å². The van der Waals surface area contributed by atoms with E-state index in [0.29, 0.717) is 0 Å². The Morgan fingerprint density at radius 2 is 1.85 bits per heavy atom. The van der Waals surface area contributed by atoms with Gasteiger partial charge < -0.3 is 0 Å². The first kappa shape index (κ1) is 14.3. The van der Waals surface area contributed by atoms with Crippen molar-refractivity contribution in [2.45, 2.75) is 23.3 Å². The summed E-state index contributed by atoms with van der Waals surface area (Å²) in [6, 6.07) is 3.67. The van der Waals surface area contributed by atoms with E-state index in [1.807, 2.05) is 0 Å². The van der Waals surface area contributed by atoms with Crippen molar-refractivity contribution in [2.24, 2.45) is 0 Å². The lowest BCUT2D eigenvalue weighted by Gasteiger charge is -2.08. The molecule has 20 heavy (non-hydrogen) atoms. The summed E-state index contributed by atoms with van der Waals surface area (Å²) in [6.45, 7) is 1.79. The molecule has 2 heterocycles. The molecule has 0 spiro atoms. The first-order valence-corrected chi connectivity index (χ1v) is 6.16. The first-order chi connectivity index (χ1) is 9.40. The van der Waals surface area contributed by atoms with Crippen molar-refractivity contribution in [3.05, 3.63) is 41.3 Å². The average Bonchev–Trinajstić information content (AvgIpc) is 2.40. The van der Waals surface area contributed by atoms with E-state index < -0.39 is 11.9 Å². The van der Waals surface area contributed by atoms with Crippen molar-refractivity contribution >= 4 is 11.8 Å². The van der Waals surface area contributed by atoms with Crippen LogP contribution in [-0.4, -0.2) is 15.0 Å². The summed E-state index contributed by atoms with van der Waals surface area (Å²) in [5.74, 6) is 0. The van der Waals surface area contributed by atoms with Gasteiger partial charge in [0.1, 0.15) is 16.8 Å². The summed E-state index contributed by atoms with van der Waals surface area (Å²) >= 11 is 0.822. The number of rotatable bonds is 2. The minimum Gasteiger partial charge on any atom is -0.235 e. The van der Waals surface area contributed by atoms with Crippen molar-refractivity contribution in [1.29, 1.82) is 5.26 Å². The van der Waals surface area contributed by atoms with Gasteiger partial charge in [0.15, 0.2) is 5.16 Å². The van der Waals surface area contributed by atoms with Crippen LogP contribution in [0.4, 0.5) is 13.2 Å². The molecule has 2 aromatic heterocycles. The van der Waals surface area contributed by atoms with E-state index in [0.717, 1.165) is 29.5 Å². The largest absolute Gasteiger partial charge is 0.433 e. The standard InChI is InChI=1S/C12H7F3N4S/c1-7-5-17-11(18-6-7)20-10-8(4-16)2-3-9(19-10)12(13,14)15/h2-3,5-6H,1H3. The molecule has 0 unspecified atom stereocenters. The van der Waals surface area contributed by atoms with Crippen LogP contribution >= 0.6 is 11.8 Å². The van der Waals surface area contributed by atoms with Gasteiger partial charge in [0, 0.05) is 12.4 Å². The maximum atomic E-state index is 12.6. The van der Waals surface area contributed by atoms with Crippen LogP contribution in [0.15, 0.2) is 34.7 Å². The first-order valence-electron chi connectivity index (χ1n) is 5.35. The van der Waals surface area contributed by atoms with Crippen molar-refractivity contribution in [3.63, 3.8) is 0 Å². The zero-order valence-corrected chi connectivity index (χ0v) is 11.0. The van der Waals surface area contributed by atoms with Crippen molar-refractivity contribution in [1.82, 2.24) is 15.0 Å². The van der Waals surface area contributed by atoms with E-state index in [-0.39, 0.29) is 15.7 Å². The molecule has 0 aliphatic rings. The van der Waals surface area contributed by atoms with Gasteiger partial charge in [-0.1, -0.05) is 0 Å². The fourth-order valence-corrected chi connectivity index (χ4v) is 2.03. The van der Waals surface area contributed by atoms with Gasteiger partial charge in [-0.05, 0) is 36.4 Å². The summed E-state index contributed by atoms with van der Waals surface area (Å²) in [5.41, 5.74) is -0.176. The summed E-state index contributed by atoms with van der Waals surface area (Å²) in [5, 5.41) is 9.08. The van der Waals surface area contributed by atoms with Crippen molar-refractivity contribution < 1.29 is 13.2 Å². The Hall–Kier alpha value is -2.14. The summed E-state index contributed by atoms with van der Waals surface area (Å²) in [6.07, 6.45) is -1.48. The third-order valence-electron chi connectivity index (χ3n) is 2.22. The molecule has 0 aliphatic heterocycles. The minimum absolute atomic E-state index is 0.0483. The fraction of sp³-hybridized carbons (Fsp3) is 0.167. The second kappa shape index (κ2) is 5.46. The SMILES string of the molecule is Cc1cnc(Sc2nc(C(F)(F)F)ccc2C#N)nc1. The maximum Gasteiger partial charge on any atom is 0.433 e. The normalized spacial score (nSPS) is 11.2. The molecule has 8 heteroatoms. The molecule has 0 radical (unpaired) electrons. The van der Waals surface area contributed by atoms with Crippen LogP contribution in [0.5, 0.6) is 0 Å². The molecule has 0 fully saturated rings. The molecule has 0 bridgehead atoms. The van der Waals surface area contributed by atoms with Gasteiger partial charge in [-0.25, -0.2) is 15.0 Å². The Bertz CT molecular complexity index is 662. The summed E-state index contributed by atoms with van der Waals surface area (Å²) < 4.78 is 37.8. The minimum atomic E-state index is -4.56. The smallest absolute Gasteiger partial charge is 0.235 e. The van der Waals surface area contributed by atoms with Crippen LogP contribution in [0.1, 0.15) is 16.8 Å². The number of nitrogens with zero attached hydrogens (tertiary/aromatic N) is 4. The molecule has 102 valence electrons. The van der Waals surface area contributed by atoms with Gasteiger partial charge >= 0.3 is 6.18 Å². The zero-order valence-electron chi connectivity index (χ0n) is 10.1. The molecule has 2 aromatic rings. The Labute approximate surface area is 116 Å². The molecule has 4 nitrogen and oxygen atoms in total. The van der Waals surface area contributed by atoms with Crippen molar-refractivity contribution in [3.8, 4) is 6.07 Å². The molecule has 0 saturated carbocycles. The van der Waals surface area contributed by atoms with Gasteiger partial charge in [0.05, 0.1) is 5.56 Å². The van der Waals surface area contributed by atoms with Gasteiger partial charge in [-0.3, -0.25) is 0 Å². The third-order valence-corrected chi connectivity index (χ3v) is 3.11. The second-order valence-corrected chi connectivity index (χ2v) is 4.76. The van der Waals surface area contributed by atoms with Crippen LogP contribution in [0.3, 0.4) is 0 Å². The quantitative estimate of drug-likeness (QED) is 0.796. The number of hydrogen-bond donors (Lipinski definition) is 0. The summed E-state index contributed by atoms with van der Waals surface area (Å²) in [4.78, 5) is 11.4. The highest BCUT2D eigenvalue weighted by atomic mass is 32.2. The van der Waals surface area contributed by atoms with Gasteiger partial charge in [-0.15, -0.1) is 0 Å². The molecule has 0 atom stereocenters. The fourth-order valence-electron chi connectivity index (χ4n) is 1.28. The third kappa shape index (κ3) is 3.24. The zero-order chi connectivity index (χ0) is 14.8. The average molecular weight is 296 g/mol. The Kier molecular flexibility index (Phi) is 3.90. The monoisotopic (exact) mass is 296 g/mol. The molecule has 2 rings (SSSR count). The lowest BCUT2D eigenvalue weighted by atomic mass is 10.2. The number of nitriles is 1. The topological polar surface area (TPSA) is 62.5 Å². The molecule has 0 N–H and O–H groups in total. The van der Waals surface area contributed by atoms with Gasteiger partial charge in [0.2, 0.25) is 0 Å². The van der Waals surface area contributed by atoms with Gasteiger partial charge in [0.25, 0.3) is 0 Å². The molecule has 0 aromatic carbocycles. The number of aromatic nitrogens is 3. The molecule has 0 aliphatic carbocycles. The number of aryl methyl sites for hydroxylation is 1. The second-order valence-electron chi connectivity index (χ2n) is 3.80. The van der Waals surface area contributed by atoms with E-state index in [9.17, 15) is 13.2 Å². The molecule has 0 saturated heterocycles. The van der Waals surface area contributed by atoms with E-state index in [4.69, 9.17) is 5.26 Å². The van der Waals surface area contributed by atoms with Crippen molar-refractivity contribution in [2.75, 3.05) is 0 Å². The predicted octanol–water partition coefficient (Wildman–Crippen LogP) is 3.22. The van der Waals surface area contributed by atoms with E-state index in [1.54, 1.807) is 13.0 Å². The van der Waals surface area contributed by atoms with Crippen LogP contribution in [-0.2, 0) is 6.18 Å². The highest BCUT2D eigenvalue weighted by molar-refractivity contribution is 7.99. The molecule has 0 amide bonds. The Morgan fingerprint density at radius 3 is 2.40 bits per heavy atom. The Morgan fingerprint density at radius 1 is 1.20 bits per heavy atom. The Balaban J connectivity index is 2.39. The molecular weight excluding hydrogens is 289 g/mol. The highest BCUT2D eigenvalue weighted by Crippen LogP contribution is 2.32.